The minimum atomic E-state index is -1.01. The second-order valence-electron chi connectivity index (χ2n) is 4.94. The number of aryl methyl sites for hydroxylation is 1. The molecule has 21 heavy (non-hydrogen) atoms. The molecule has 1 aromatic carbocycles. The maximum Gasteiger partial charge on any atom is 0.179 e. The van der Waals surface area contributed by atoms with Crippen LogP contribution in [-0.4, -0.2) is 28.8 Å². The second-order valence-corrected chi connectivity index (χ2v) is 6.00. The second kappa shape index (κ2) is 6.41. The number of hydrogen-bond donors (Lipinski definition) is 0. The fourth-order valence-corrected chi connectivity index (χ4v) is 2.57. The van der Waals surface area contributed by atoms with Crippen LogP contribution in [0, 0.1) is 18.6 Å². The minimum Gasteiger partial charge on any atom is -0.292 e. The Morgan fingerprint density at radius 1 is 1.38 bits per heavy atom. The highest BCUT2D eigenvalue weighted by Gasteiger charge is 2.21. The van der Waals surface area contributed by atoms with Gasteiger partial charge in [-0.1, -0.05) is 0 Å². The normalized spacial score (nSPS) is 12.7. The zero-order chi connectivity index (χ0) is 15.6. The molecule has 0 N–H and O–H groups in total. The van der Waals surface area contributed by atoms with Gasteiger partial charge in [0.1, 0.15) is 0 Å². The Labute approximate surface area is 126 Å². The molecule has 0 radical (unpaired) electrons. The molecular weight excluding hydrogens is 294 g/mol. The Kier molecular flexibility index (Phi) is 4.80. The summed E-state index contributed by atoms with van der Waals surface area (Å²) < 4.78 is 26.1. The lowest BCUT2D eigenvalue weighted by Crippen LogP contribution is -2.35. The zero-order valence-corrected chi connectivity index (χ0v) is 12.9. The highest BCUT2D eigenvalue weighted by Crippen LogP contribution is 2.15. The summed E-state index contributed by atoms with van der Waals surface area (Å²) in [5.74, 6) is -2.21. The first-order valence-corrected chi connectivity index (χ1v) is 7.37. The van der Waals surface area contributed by atoms with E-state index in [4.69, 9.17) is 0 Å². The summed E-state index contributed by atoms with van der Waals surface area (Å²) in [4.78, 5) is 18.5. The lowest BCUT2D eigenvalue weighted by Gasteiger charge is -2.22. The number of thiazole rings is 1. The summed E-state index contributed by atoms with van der Waals surface area (Å²) in [7, 11) is 1.80. The molecular formula is C15H16F2N2OS. The number of halogens is 2. The van der Waals surface area contributed by atoms with E-state index in [0.717, 1.165) is 22.8 Å². The van der Waals surface area contributed by atoms with Crippen molar-refractivity contribution in [1.82, 2.24) is 9.88 Å². The first-order chi connectivity index (χ1) is 9.88. The molecule has 0 aliphatic rings. The van der Waals surface area contributed by atoms with Crippen molar-refractivity contribution in [3.63, 3.8) is 0 Å². The number of Topliss-reactive ketones (excluding diaryl/α,β-unsaturated/α-hetero) is 1. The lowest BCUT2D eigenvalue weighted by atomic mass is 10.0. The van der Waals surface area contributed by atoms with Crippen molar-refractivity contribution in [3.05, 3.63) is 51.5 Å². The molecule has 0 spiro atoms. The SMILES string of the molecule is Cc1nc(CN(C)C(C)C(=O)c2ccc(F)c(F)c2)cs1. The van der Waals surface area contributed by atoms with E-state index in [1.54, 1.807) is 25.3 Å². The van der Waals surface area contributed by atoms with E-state index < -0.39 is 17.7 Å². The number of hydrogen-bond acceptors (Lipinski definition) is 4. The minimum absolute atomic E-state index is 0.169. The largest absolute Gasteiger partial charge is 0.292 e. The van der Waals surface area contributed by atoms with Crippen LogP contribution >= 0.6 is 11.3 Å². The van der Waals surface area contributed by atoms with Gasteiger partial charge in [0, 0.05) is 17.5 Å². The van der Waals surface area contributed by atoms with Gasteiger partial charge in [-0.3, -0.25) is 9.69 Å². The van der Waals surface area contributed by atoms with Crippen molar-refractivity contribution in [1.29, 1.82) is 0 Å². The summed E-state index contributed by atoms with van der Waals surface area (Å²) in [6.07, 6.45) is 0. The van der Waals surface area contributed by atoms with E-state index in [1.165, 1.54) is 6.07 Å². The molecule has 3 nitrogen and oxygen atoms in total. The van der Waals surface area contributed by atoms with Gasteiger partial charge >= 0.3 is 0 Å². The van der Waals surface area contributed by atoms with Gasteiger partial charge in [0.25, 0.3) is 0 Å². The highest BCUT2D eigenvalue weighted by molar-refractivity contribution is 7.09. The molecule has 0 saturated carbocycles. The molecule has 0 aliphatic carbocycles. The van der Waals surface area contributed by atoms with Crippen molar-refractivity contribution in [3.8, 4) is 0 Å². The number of rotatable bonds is 5. The summed E-state index contributed by atoms with van der Waals surface area (Å²) in [6.45, 7) is 4.19. The molecule has 1 aromatic heterocycles. The van der Waals surface area contributed by atoms with Crippen LogP contribution in [0.4, 0.5) is 8.78 Å². The molecule has 0 aliphatic heterocycles. The quantitative estimate of drug-likeness (QED) is 0.793. The highest BCUT2D eigenvalue weighted by atomic mass is 32.1. The third-order valence-electron chi connectivity index (χ3n) is 3.32. The topological polar surface area (TPSA) is 33.2 Å². The van der Waals surface area contributed by atoms with Crippen LogP contribution in [0.15, 0.2) is 23.6 Å². The molecule has 0 amide bonds. The molecule has 2 rings (SSSR count). The number of ketones is 1. The summed E-state index contributed by atoms with van der Waals surface area (Å²) >= 11 is 1.55. The number of nitrogens with zero attached hydrogens (tertiary/aromatic N) is 2. The third kappa shape index (κ3) is 3.71. The van der Waals surface area contributed by atoms with E-state index >= 15 is 0 Å². The summed E-state index contributed by atoms with van der Waals surface area (Å²) in [6, 6.07) is 2.77. The van der Waals surface area contributed by atoms with Gasteiger partial charge in [-0.05, 0) is 39.1 Å². The fourth-order valence-electron chi connectivity index (χ4n) is 1.96. The molecule has 0 bridgehead atoms. The van der Waals surface area contributed by atoms with Gasteiger partial charge in [-0.2, -0.15) is 0 Å². The van der Waals surface area contributed by atoms with Crippen molar-refractivity contribution < 1.29 is 13.6 Å². The maximum absolute atomic E-state index is 13.2. The van der Waals surface area contributed by atoms with Crippen LogP contribution in [0.2, 0.25) is 0 Å². The molecule has 1 heterocycles. The summed E-state index contributed by atoms with van der Waals surface area (Å²) in [5, 5.41) is 2.92. The van der Waals surface area contributed by atoms with Crippen LogP contribution in [0.25, 0.3) is 0 Å². The first-order valence-electron chi connectivity index (χ1n) is 6.49. The molecule has 1 unspecified atom stereocenters. The molecule has 0 saturated heterocycles. The summed E-state index contributed by atoms with van der Waals surface area (Å²) in [5.41, 5.74) is 1.06. The van der Waals surface area contributed by atoms with Gasteiger partial charge in [0.15, 0.2) is 17.4 Å². The fraction of sp³-hybridized carbons (Fsp3) is 0.333. The predicted molar refractivity (Wildman–Crippen MR) is 78.5 cm³/mol. The van der Waals surface area contributed by atoms with Crippen LogP contribution in [0.3, 0.4) is 0 Å². The number of carbonyl (C=O) groups is 1. The van der Waals surface area contributed by atoms with Gasteiger partial charge in [0.05, 0.1) is 16.7 Å². The first kappa shape index (κ1) is 15.7. The van der Waals surface area contributed by atoms with Gasteiger partial charge in [-0.25, -0.2) is 13.8 Å². The van der Waals surface area contributed by atoms with Crippen molar-refractivity contribution in [2.45, 2.75) is 26.4 Å². The Morgan fingerprint density at radius 3 is 2.67 bits per heavy atom. The average Bonchev–Trinajstić information content (AvgIpc) is 2.85. The van der Waals surface area contributed by atoms with Crippen LogP contribution in [-0.2, 0) is 6.54 Å². The van der Waals surface area contributed by atoms with Gasteiger partial charge in [-0.15, -0.1) is 11.3 Å². The Bertz CT molecular complexity index is 657. The van der Waals surface area contributed by atoms with Crippen LogP contribution in [0.1, 0.15) is 28.0 Å². The van der Waals surface area contributed by atoms with Crippen LogP contribution < -0.4 is 0 Å². The monoisotopic (exact) mass is 310 g/mol. The third-order valence-corrected chi connectivity index (χ3v) is 4.15. The average molecular weight is 310 g/mol. The van der Waals surface area contributed by atoms with E-state index in [9.17, 15) is 13.6 Å². The number of benzene rings is 1. The van der Waals surface area contributed by atoms with E-state index in [2.05, 4.69) is 4.98 Å². The predicted octanol–water partition coefficient (Wildman–Crippen LogP) is 3.43. The van der Waals surface area contributed by atoms with Gasteiger partial charge in [0.2, 0.25) is 0 Å². The van der Waals surface area contributed by atoms with E-state index in [0.29, 0.717) is 6.54 Å². The Balaban J connectivity index is 2.08. The number of likely N-dealkylation sites (N-methyl/N-ethyl adjacent to an activating group) is 1. The van der Waals surface area contributed by atoms with Crippen molar-refractivity contribution in [2.75, 3.05) is 7.05 Å². The standard InChI is InChI=1S/C15H16F2N2OS/c1-9(19(3)7-12-8-21-10(2)18-12)15(20)11-4-5-13(16)14(17)6-11/h4-6,8-9H,7H2,1-3H3. The number of aromatic nitrogens is 1. The Morgan fingerprint density at radius 2 is 2.10 bits per heavy atom. The molecule has 112 valence electrons. The van der Waals surface area contributed by atoms with E-state index in [1.807, 2.05) is 17.2 Å². The van der Waals surface area contributed by atoms with Crippen molar-refractivity contribution >= 4 is 17.1 Å². The number of carbonyl (C=O) groups excluding carboxylic acids is 1. The zero-order valence-electron chi connectivity index (χ0n) is 12.1. The molecule has 6 heteroatoms. The smallest absolute Gasteiger partial charge is 0.179 e. The molecule has 1 atom stereocenters. The van der Waals surface area contributed by atoms with E-state index in [-0.39, 0.29) is 11.3 Å². The molecule has 2 aromatic rings. The lowest BCUT2D eigenvalue weighted by molar-refractivity contribution is 0.0860. The van der Waals surface area contributed by atoms with Crippen molar-refractivity contribution in [2.24, 2.45) is 0 Å². The van der Waals surface area contributed by atoms with Gasteiger partial charge < -0.3 is 0 Å². The Hall–Kier alpha value is -1.66. The molecule has 0 fully saturated rings. The van der Waals surface area contributed by atoms with Crippen LogP contribution in [0.5, 0.6) is 0 Å². The maximum atomic E-state index is 13.2.